The molecule has 0 aromatic heterocycles. The Hall–Kier alpha value is -2.51. The van der Waals surface area contributed by atoms with E-state index in [0.29, 0.717) is 0 Å². The molecule has 0 bridgehead atoms. The summed E-state index contributed by atoms with van der Waals surface area (Å²) in [4.78, 5) is 40.2. The molecule has 7 nitrogen and oxygen atoms in total. The molecular formula is C27H43N3O4. The van der Waals surface area contributed by atoms with E-state index in [1.54, 1.807) is 27.1 Å². The van der Waals surface area contributed by atoms with Crippen LogP contribution in [-0.2, 0) is 19.8 Å². The number of carbonyl (C=O) groups excluding carboxylic acids is 2. The summed E-state index contributed by atoms with van der Waals surface area (Å²) < 4.78 is 0. The maximum absolute atomic E-state index is 13.5. The quantitative estimate of drug-likeness (QED) is 0.449. The second kappa shape index (κ2) is 11.8. The number of hydrogen-bond acceptors (Lipinski definition) is 5. The van der Waals surface area contributed by atoms with Gasteiger partial charge in [-0.25, -0.2) is 4.79 Å². The van der Waals surface area contributed by atoms with Crippen molar-refractivity contribution in [2.75, 3.05) is 14.1 Å². The maximum Gasteiger partial charge on any atom is 0.331 e. The van der Waals surface area contributed by atoms with E-state index in [4.69, 9.17) is 0 Å². The Labute approximate surface area is 205 Å². The molecule has 1 aromatic rings. The number of imide groups is 1. The van der Waals surface area contributed by atoms with Crippen LogP contribution < -0.4 is 10.6 Å². The summed E-state index contributed by atoms with van der Waals surface area (Å²) in [6, 6.07) is 8.10. The summed E-state index contributed by atoms with van der Waals surface area (Å²) >= 11 is 0. The highest BCUT2D eigenvalue weighted by Gasteiger charge is 2.41. The van der Waals surface area contributed by atoms with Crippen LogP contribution in [0.2, 0.25) is 0 Å². The van der Waals surface area contributed by atoms with Crippen LogP contribution in [0.4, 0.5) is 0 Å². The lowest BCUT2D eigenvalue weighted by molar-refractivity contribution is -0.138. The molecule has 0 radical (unpaired) electrons. The standard InChI is InChI=1S/C27H43N3O4/c1-17(2)20(16-18(3)25(33)34)30(10)22(26(4,5)6)24(32)29-23(31)21(28-9)27(7,8)19-14-12-11-13-15-19/h11-17,20-22,28H,1-10H3,(H,33,34)(H,29,31,32)/b18-16+/t20-,21-,22-/m1/s1. The van der Waals surface area contributed by atoms with Gasteiger partial charge in [0.1, 0.15) is 0 Å². The van der Waals surface area contributed by atoms with Crippen LogP contribution in [0.5, 0.6) is 0 Å². The first kappa shape index (κ1) is 29.5. The topological polar surface area (TPSA) is 98.7 Å². The van der Waals surface area contributed by atoms with Gasteiger partial charge in [-0.1, -0.05) is 84.9 Å². The Morgan fingerprint density at radius 2 is 1.53 bits per heavy atom. The number of aliphatic carboxylic acids is 1. The van der Waals surface area contributed by atoms with Gasteiger partial charge >= 0.3 is 5.97 Å². The van der Waals surface area contributed by atoms with E-state index in [1.165, 1.54) is 0 Å². The first-order chi connectivity index (χ1) is 15.5. The Bertz CT molecular complexity index is 885. The molecule has 0 aliphatic rings. The van der Waals surface area contributed by atoms with E-state index in [0.717, 1.165) is 5.56 Å². The molecule has 1 aromatic carbocycles. The minimum atomic E-state index is -0.994. The lowest BCUT2D eigenvalue weighted by Crippen LogP contribution is -2.60. The second-order valence-corrected chi connectivity index (χ2v) is 11.0. The Morgan fingerprint density at radius 3 is 1.94 bits per heavy atom. The van der Waals surface area contributed by atoms with E-state index >= 15 is 0 Å². The van der Waals surface area contributed by atoms with Crippen LogP contribution in [0.25, 0.3) is 0 Å². The fraction of sp³-hybridized carbons (Fsp3) is 0.593. The SMILES string of the molecule is CN[C@H](C(=O)NC(=O)[C@@H](N(C)[C@H](/C=C(\C)C(=O)O)C(C)C)C(C)(C)C)C(C)(C)c1ccccc1. The van der Waals surface area contributed by atoms with Gasteiger partial charge in [-0.05, 0) is 37.9 Å². The molecule has 0 fully saturated rings. The molecule has 0 spiro atoms. The average Bonchev–Trinajstić information content (AvgIpc) is 2.71. The van der Waals surface area contributed by atoms with Crippen LogP contribution in [0.15, 0.2) is 42.0 Å². The molecule has 3 N–H and O–H groups in total. The smallest absolute Gasteiger partial charge is 0.331 e. The van der Waals surface area contributed by atoms with Crippen LogP contribution in [0.3, 0.4) is 0 Å². The number of carbonyl (C=O) groups is 3. The Morgan fingerprint density at radius 1 is 1.00 bits per heavy atom. The molecule has 34 heavy (non-hydrogen) atoms. The fourth-order valence-corrected chi connectivity index (χ4v) is 4.59. The van der Waals surface area contributed by atoms with Crippen molar-refractivity contribution in [3.05, 3.63) is 47.5 Å². The molecule has 0 heterocycles. The van der Waals surface area contributed by atoms with Gasteiger partial charge in [-0.3, -0.25) is 19.8 Å². The summed E-state index contributed by atoms with van der Waals surface area (Å²) in [6.45, 7) is 15.3. The zero-order chi connectivity index (χ0) is 26.4. The second-order valence-electron chi connectivity index (χ2n) is 11.0. The lowest BCUT2D eigenvalue weighted by Gasteiger charge is -2.42. The van der Waals surface area contributed by atoms with E-state index in [1.807, 2.05) is 83.7 Å². The van der Waals surface area contributed by atoms with Gasteiger partial charge in [-0.15, -0.1) is 0 Å². The van der Waals surface area contributed by atoms with Crippen LogP contribution in [0.1, 0.15) is 61.0 Å². The van der Waals surface area contributed by atoms with E-state index < -0.39 is 40.7 Å². The predicted octanol–water partition coefficient (Wildman–Crippen LogP) is 3.60. The zero-order valence-corrected chi connectivity index (χ0v) is 22.4. The molecule has 1 rings (SSSR count). The van der Waals surface area contributed by atoms with E-state index in [-0.39, 0.29) is 17.5 Å². The molecule has 0 unspecified atom stereocenters. The number of carboxylic acid groups (broad SMARTS) is 1. The van der Waals surface area contributed by atoms with Crippen molar-refractivity contribution in [1.82, 2.24) is 15.5 Å². The molecule has 3 atom stereocenters. The van der Waals surface area contributed by atoms with E-state index in [2.05, 4.69) is 10.6 Å². The monoisotopic (exact) mass is 473 g/mol. The molecule has 2 amide bonds. The molecule has 0 aliphatic carbocycles. The highest BCUT2D eigenvalue weighted by molar-refractivity contribution is 6.01. The summed E-state index contributed by atoms with van der Waals surface area (Å²) in [5, 5.41) is 15.1. The zero-order valence-electron chi connectivity index (χ0n) is 22.4. The minimum Gasteiger partial charge on any atom is -0.478 e. The molecule has 190 valence electrons. The first-order valence-corrected chi connectivity index (χ1v) is 11.8. The maximum atomic E-state index is 13.5. The number of rotatable bonds is 10. The first-order valence-electron chi connectivity index (χ1n) is 11.8. The van der Waals surface area contributed by atoms with E-state index in [9.17, 15) is 19.5 Å². The highest BCUT2D eigenvalue weighted by atomic mass is 16.4. The van der Waals surface area contributed by atoms with Gasteiger partial charge in [0.15, 0.2) is 0 Å². The number of benzene rings is 1. The number of nitrogens with one attached hydrogen (secondary N) is 2. The van der Waals surface area contributed by atoms with Gasteiger partial charge in [0.05, 0.1) is 12.1 Å². The van der Waals surface area contributed by atoms with Gasteiger partial charge in [0.25, 0.3) is 0 Å². The molecule has 0 saturated heterocycles. The van der Waals surface area contributed by atoms with Crippen LogP contribution >= 0.6 is 0 Å². The van der Waals surface area contributed by atoms with Gasteiger partial charge in [-0.2, -0.15) is 0 Å². The van der Waals surface area contributed by atoms with Crippen molar-refractivity contribution in [3.63, 3.8) is 0 Å². The van der Waals surface area contributed by atoms with Crippen LogP contribution in [-0.4, -0.2) is 60.0 Å². The largest absolute Gasteiger partial charge is 0.478 e. The molecule has 7 heteroatoms. The number of likely N-dealkylation sites (N-methyl/N-ethyl adjacent to an activating group) is 2. The number of hydrogen-bond donors (Lipinski definition) is 3. The number of carboxylic acids is 1. The number of amides is 2. The predicted molar refractivity (Wildman–Crippen MR) is 136 cm³/mol. The normalized spacial score (nSPS) is 15.7. The van der Waals surface area contributed by atoms with Crippen molar-refractivity contribution < 1.29 is 19.5 Å². The minimum absolute atomic E-state index is 0.0507. The summed E-state index contributed by atoms with van der Waals surface area (Å²) in [6.07, 6.45) is 1.68. The average molecular weight is 474 g/mol. The molecular weight excluding hydrogens is 430 g/mol. The van der Waals surface area contributed by atoms with Crippen LogP contribution in [0, 0.1) is 11.3 Å². The summed E-state index contributed by atoms with van der Waals surface area (Å²) in [7, 11) is 3.51. The van der Waals surface area contributed by atoms with Crippen molar-refractivity contribution in [3.8, 4) is 0 Å². The Balaban J connectivity index is 3.27. The van der Waals surface area contributed by atoms with Gasteiger partial charge in [0, 0.05) is 17.0 Å². The van der Waals surface area contributed by atoms with Crippen molar-refractivity contribution in [2.24, 2.45) is 11.3 Å². The summed E-state index contributed by atoms with van der Waals surface area (Å²) in [5.74, 6) is -1.75. The van der Waals surface area contributed by atoms with Crippen molar-refractivity contribution in [1.29, 1.82) is 0 Å². The third kappa shape index (κ3) is 7.24. The fourth-order valence-electron chi connectivity index (χ4n) is 4.59. The molecule has 0 saturated carbocycles. The number of nitrogens with zero attached hydrogens (tertiary/aromatic N) is 1. The third-order valence-corrected chi connectivity index (χ3v) is 6.42. The Kier molecular flexibility index (Phi) is 10.2. The molecule has 0 aliphatic heterocycles. The van der Waals surface area contributed by atoms with Gasteiger partial charge in [0.2, 0.25) is 11.8 Å². The summed E-state index contributed by atoms with van der Waals surface area (Å²) in [5.41, 5.74) is 0.122. The van der Waals surface area contributed by atoms with Crippen molar-refractivity contribution in [2.45, 2.75) is 78.9 Å². The van der Waals surface area contributed by atoms with Crippen molar-refractivity contribution >= 4 is 17.8 Å². The highest BCUT2D eigenvalue weighted by Crippen LogP contribution is 2.30. The van der Waals surface area contributed by atoms with Gasteiger partial charge < -0.3 is 10.4 Å². The third-order valence-electron chi connectivity index (χ3n) is 6.42. The lowest BCUT2D eigenvalue weighted by atomic mass is 9.77.